The molecule has 1 aliphatic carbocycles. The highest BCUT2D eigenvalue weighted by molar-refractivity contribution is 5.37. The smallest absolute Gasteiger partial charge is 0.252 e. The fourth-order valence-corrected chi connectivity index (χ4v) is 2.31. The van der Waals surface area contributed by atoms with E-state index in [1.54, 1.807) is 19.1 Å². The second kappa shape index (κ2) is 2.98. The molecular weight excluding hydrogens is 203 g/mol. The van der Waals surface area contributed by atoms with Gasteiger partial charge in [-0.2, -0.15) is 0 Å². The van der Waals surface area contributed by atoms with Crippen LogP contribution in [0.5, 0.6) is 0 Å². The summed E-state index contributed by atoms with van der Waals surface area (Å²) in [6.45, 7) is 1.68. The second-order valence-corrected chi connectivity index (χ2v) is 4.30. The van der Waals surface area contributed by atoms with Crippen molar-refractivity contribution in [2.45, 2.75) is 31.2 Å². The minimum Gasteiger partial charge on any atom is -0.321 e. The van der Waals surface area contributed by atoms with Gasteiger partial charge in [0.2, 0.25) is 0 Å². The molecule has 0 aromatic heterocycles. The molecule has 0 unspecified atom stereocenters. The van der Waals surface area contributed by atoms with E-state index in [9.17, 15) is 13.2 Å². The van der Waals surface area contributed by atoms with Gasteiger partial charge < -0.3 is 5.73 Å². The van der Waals surface area contributed by atoms with Gasteiger partial charge in [-0.05, 0) is 18.6 Å². The SMILES string of the molecule is Cc1cccc(F)c1C1(N)CC(F)(F)C1. The van der Waals surface area contributed by atoms with Crippen molar-refractivity contribution < 1.29 is 13.2 Å². The Balaban J connectivity index is 2.39. The number of halogens is 3. The molecule has 0 heterocycles. The third kappa shape index (κ3) is 1.63. The molecule has 0 saturated heterocycles. The molecule has 0 radical (unpaired) electrons. The van der Waals surface area contributed by atoms with E-state index in [2.05, 4.69) is 0 Å². The van der Waals surface area contributed by atoms with Gasteiger partial charge in [-0.3, -0.25) is 0 Å². The highest BCUT2D eigenvalue weighted by Crippen LogP contribution is 2.51. The third-order valence-electron chi connectivity index (χ3n) is 2.87. The first-order valence-electron chi connectivity index (χ1n) is 4.76. The van der Waals surface area contributed by atoms with Crippen molar-refractivity contribution in [1.29, 1.82) is 0 Å². The summed E-state index contributed by atoms with van der Waals surface area (Å²) in [6, 6.07) is 4.49. The second-order valence-electron chi connectivity index (χ2n) is 4.30. The molecule has 15 heavy (non-hydrogen) atoms. The van der Waals surface area contributed by atoms with Gasteiger partial charge in [0, 0.05) is 18.4 Å². The normalized spacial score (nSPS) is 22.2. The average molecular weight is 215 g/mol. The van der Waals surface area contributed by atoms with Crippen molar-refractivity contribution in [3.63, 3.8) is 0 Å². The number of nitrogens with two attached hydrogens (primary N) is 1. The molecular formula is C11H12F3N. The molecule has 0 aliphatic heterocycles. The Morgan fingerprint density at radius 1 is 1.27 bits per heavy atom. The molecule has 0 amide bonds. The van der Waals surface area contributed by atoms with E-state index in [1.807, 2.05) is 0 Å². The summed E-state index contributed by atoms with van der Waals surface area (Å²) in [5.41, 5.74) is 5.45. The van der Waals surface area contributed by atoms with Crippen molar-refractivity contribution >= 4 is 0 Å². The van der Waals surface area contributed by atoms with Crippen LogP contribution in [-0.4, -0.2) is 5.92 Å². The van der Waals surface area contributed by atoms with Crippen LogP contribution >= 0.6 is 0 Å². The number of aryl methyl sites for hydroxylation is 1. The van der Waals surface area contributed by atoms with E-state index in [4.69, 9.17) is 5.73 Å². The van der Waals surface area contributed by atoms with Gasteiger partial charge in [0.15, 0.2) is 0 Å². The molecule has 1 aromatic carbocycles. The quantitative estimate of drug-likeness (QED) is 0.765. The minimum atomic E-state index is -2.75. The Morgan fingerprint density at radius 2 is 1.87 bits per heavy atom. The number of hydrogen-bond donors (Lipinski definition) is 1. The summed E-state index contributed by atoms with van der Waals surface area (Å²) in [5.74, 6) is -3.24. The Labute approximate surface area is 86.1 Å². The average Bonchev–Trinajstić information content (AvgIpc) is 1.98. The maximum absolute atomic E-state index is 13.5. The van der Waals surface area contributed by atoms with Gasteiger partial charge in [-0.1, -0.05) is 12.1 Å². The van der Waals surface area contributed by atoms with Crippen molar-refractivity contribution in [2.75, 3.05) is 0 Å². The molecule has 1 saturated carbocycles. The first-order chi connectivity index (χ1) is 6.84. The molecule has 1 aromatic rings. The van der Waals surface area contributed by atoms with E-state index >= 15 is 0 Å². The lowest BCUT2D eigenvalue weighted by Crippen LogP contribution is -2.56. The Kier molecular flexibility index (Phi) is 2.08. The zero-order valence-corrected chi connectivity index (χ0v) is 8.36. The van der Waals surface area contributed by atoms with E-state index in [1.165, 1.54) is 6.07 Å². The van der Waals surface area contributed by atoms with Crippen LogP contribution in [-0.2, 0) is 5.54 Å². The van der Waals surface area contributed by atoms with Crippen LogP contribution in [0.3, 0.4) is 0 Å². The summed E-state index contributed by atoms with van der Waals surface area (Å²) in [7, 11) is 0. The molecule has 82 valence electrons. The van der Waals surface area contributed by atoms with Gasteiger partial charge in [0.1, 0.15) is 5.82 Å². The summed E-state index contributed by atoms with van der Waals surface area (Å²) in [5, 5.41) is 0. The van der Waals surface area contributed by atoms with Gasteiger partial charge in [0.25, 0.3) is 5.92 Å². The molecule has 1 aliphatic rings. The summed E-state index contributed by atoms with van der Waals surface area (Å²) >= 11 is 0. The molecule has 2 rings (SSSR count). The van der Waals surface area contributed by atoms with Crippen LogP contribution in [0.1, 0.15) is 24.0 Å². The van der Waals surface area contributed by atoms with Gasteiger partial charge in [0.05, 0.1) is 5.54 Å². The minimum absolute atomic E-state index is 0.232. The van der Waals surface area contributed by atoms with E-state index < -0.39 is 30.1 Å². The van der Waals surface area contributed by atoms with Gasteiger partial charge in [-0.25, -0.2) is 13.2 Å². The van der Waals surface area contributed by atoms with Crippen molar-refractivity contribution in [2.24, 2.45) is 5.73 Å². The van der Waals surface area contributed by atoms with Crippen LogP contribution in [0.2, 0.25) is 0 Å². The van der Waals surface area contributed by atoms with Crippen molar-refractivity contribution in [3.05, 3.63) is 35.1 Å². The van der Waals surface area contributed by atoms with Crippen molar-refractivity contribution in [1.82, 2.24) is 0 Å². The summed E-state index contributed by atoms with van der Waals surface area (Å²) in [6.07, 6.45) is -0.941. The summed E-state index contributed by atoms with van der Waals surface area (Å²) in [4.78, 5) is 0. The van der Waals surface area contributed by atoms with Crippen molar-refractivity contribution in [3.8, 4) is 0 Å². The number of alkyl halides is 2. The third-order valence-corrected chi connectivity index (χ3v) is 2.87. The predicted octanol–water partition coefficient (Wildman–Crippen LogP) is 2.72. The van der Waals surface area contributed by atoms with Crippen LogP contribution in [0.15, 0.2) is 18.2 Å². The topological polar surface area (TPSA) is 26.0 Å². The maximum Gasteiger partial charge on any atom is 0.252 e. The molecule has 2 N–H and O–H groups in total. The highest BCUT2D eigenvalue weighted by Gasteiger charge is 2.56. The summed E-state index contributed by atoms with van der Waals surface area (Å²) < 4.78 is 39.1. The maximum atomic E-state index is 13.5. The standard InChI is InChI=1S/C11H12F3N/c1-7-3-2-4-8(12)9(7)10(15)5-11(13,14)6-10/h2-4H,5-6,15H2,1H3. The Bertz CT molecular complexity index is 373. The number of rotatable bonds is 1. The molecule has 1 nitrogen and oxygen atoms in total. The zero-order valence-electron chi connectivity index (χ0n) is 8.36. The van der Waals surface area contributed by atoms with Crippen LogP contribution in [0.4, 0.5) is 13.2 Å². The van der Waals surface area contributed by atoms with Gasteiger partial charge >= 0.3 is 0 Å². The highest BCUT2D eigenvalue weighted by atomic mass is 19.3. The van der Waals surface area contributed by atoms with Gasteiger partial charge in [-0.15, -0.1) is 0 Å². The van der Waals surface area contributed by atoms with Crippen LogP contribution in [0, 0.1) is 12.7 Å². The Hall–Kier alpha value is -1.03. The number of benzene rings is 1. The molecule has 0 atom stereocenters. The number of hydrogen-bond acceptors (Lipinski definition) is 1. The molecule has 0 bridgehead atoms. The largest absolute Gasteiger partial charge is 0.321 e. The van der Waals surface area contributed by atoms with E-state index in [0.29, 0.717) is 5.56 Å². The predicted molar refractivity (Wildman–Crippen MR) is 51.2 cm³/mol. The molecule has 1 fully saturated rings. The van der Waals surface area contributed by atoms with E-state index in [-0.39, 0.29) is 5.56 Å². The lowest BCUT2D eigenvalue weighted by molar-refractivity contribution is -0.126. The molecule has 4 heteroatoms. The van der Waals surface area contributed by atoms with Crippen LogP contribution in [0.25, 0.3) is 0 Å². The van der Waals surface area contributed by atoms with Crippen LogP contribution < -0.4 is 5.73 Å². The fraction of sp³-hybridized carbons (Fsp3) is 0.455. The molecule has 0 spiro atoms. The first kappa shape index (κ1) is 10.5. The monoisotopic (exact) mass is 215 g/mol. The first-order valence-corrected chi connectivity index (χ1v) is 4.76. The fourth-order valence-electron chi connectivity index (χ4n) is 2.31. The Morgan fingerprint density at radius 3 is 2.33 bits per heavy atom. The lowest BCUT2D eigenvalue weighted by atomic mass is 9.68. The zero-order chi connectivity index (χ0) is 11.3. The lowest BCUT2D eigenvalue weighted by Gasteiger charge is -2.45. The van der Waals surface area contributed by atoms with E-state index in [0.717, 1.165) is 0 Å².